The molecule has 0 unspecified atom stereocenters. The molecule has 3 atom stereocenters. The van der Waals surface area contributed by atoms with Crippen LogP contribution in [0.3, 0.4) is 0 Å². The van der Waals surface area contributed by atoms with E-state index in [1.165, 1.54) is 0 Å². The maximum atomic E-state index is 13.3. The van der Waals surface area contributed by atoms with E-state index in [-0.39, 0.29) is 42.4 Å². The van der Waals surface area contributed by atoms with Crippen LogP contribution in [-0.2, 0) is 21.4 Å². The second kappa shape index (κ2) is 8.35. The average molecular weight is 526 g/mol. The number of rotatable bonds is 4. The highest BCUT2D eigenvalue weighted by atomic mass is 79.9. The lowest BCUT2D eigenvalue weighted by Crippen LogP contribution is -2.57. The number of hydrogen-bond donors (Lipinski definition) is 3. The van der Waals surface area contributed by atoms with E-state index in [0.29, 0.717) is 48.8 Å². The number of hydrogen-bond acceptors (Lipinski definition) is 5. The number of carbonyl (C=O) groups is 2. The highest BCUT2D eigenvalue weighted by Gasteiger charge is 2.49. The smallest absolute Gasteiger partial charge is 0.282 e. The fourth-order valence-corrected chi connectivity index (χ4v) is 8.15. The van der Waals surface area contributed by atoms with Crippen molar-refractivity contribution in [1.29, 1.82) is 0 Å². The molecule has 0 saturated carbocycles. The van der Waals surface area contributed by atoms with Crippen LogP contribution in [0.15, 0.2) is 16.6 Å². The van der Waals surface area contributed by atoms with Crippen molar-refractivity contribution < 1.29 is 18.0 Å². The minimum Gasteiger partial charge on any atom is -0.349 e. The van der Waals surface area contributed by atoms with Gasteiger partial charge in [-0.05, 0) is 72.2 Å². The Morgan fingerprint density at radius 1 is 1.12 bits per heavy atom. The lowest BCUT2D eigenvalue weighted by atomic mass is 9.99. The van der Waals surface area contributed by atoms with Gasteiger partial charge < -0.3 is 16.4 Å². The minimum absolute atomic E-state index is 0.0755. The minimum atomic E-state index is -3.52. The summed E-state index contributed by atoms with van der Waals surface area (Å²) in [7, 11) is -3.52. The van der Waals surface area contributed by atoms with Gasteiger partial charge in [0.2, 0.25) is 5.91 Å². The summed E-state index contributed by atoms with van der Waals surface area (Å²) in [5.74, 6) is -0.282. The van der Waals surface area contributed by atoms with Crippen molar-refractivity contribution >= 4 is 43.6 Å². The first-order chi connectivity index (χ1) is 15.2. The Morgan fingerprint density at radius 3 is 2.44 bits per heavy atom. The predicted octanol–water partition coefficient (Wildman–Crippen LogP) is 1.34. The molecule has 2 bridgehead atoms. The van der Waals surface area contributed by atoms with Crippen LogP contribution in [0.25, 0.3) is 0 Å². The molecular formula is C21H28BrN5O4S. The summed E-state index contributed by atoms with van der Waals surface area (Å²) in [5, 5.41) is 5.89. The molecule has 1 aromatic carbocycles. The largest absolute Gasteiger partial charge is 0.349 e. The van der Waals surface area contributed by atoms with Gasteiger partial charge in [-0.25, -0.2) is 0 Å². The molecule has 32 heavy (non-hydrogen) atoms. The standard InChI is InChI=1S/C21H28BrN5O4S/c22-18-11-19-12(8-20(28)25-19)7-17(18)21(29)24-14-9-15-1-2-16(10-14)27(15)32(30,31)26-5-3-13(23)4-6-26/h7,11,13-16H,1-6,8-10,23H2,(H,24,29)(H,25,28)/t14-,15+,16-. The van der Waals surface area contributed by atoms with Gasteiger partial charge in [-0.2, -0.15) is 17.0 Å². The zero-order chi connectivity index (χ0) is 22.6. The van der Waals surface area contributed by atoms with Gasteiger partial charge in [0, 0.05) is 47.4 Å². The highest BCUT2D eigenvalue weighted by molar-refractivity contribution is 9.10. The number of carbonyl (C=O) groups excluding carboxylic acids is 2. The number of fused-ring (bicyclic) bond motifs is 3. The predicted molar refractivity (Wildman–Crippen MR) is 123 cm³/mol. The van der Waals surface area contributed by atoms with E-state index in [9.17, 15) is 18.0 Å². The summed E-state index contributed by atoms with van der Waals surface area (Å²) in [6.07, 6.45) is 4.51. The summed E-state index contributed by atoms with van der Waals surface area (Å²) in [5.41, 5.74) is 7.98. The van der Waals surface area contributed by atoms with Crippen LogP contribution in [0.2, 0.25) is 0 Å². The quantitative estimate of drug-likeness (QED) is 0.546. The Bertz CT molecular complexity index is 1040. The summed E-state index contributed by atoms with van der Waals surface area (Å²) >= 11 is 3.44. The third-order valence-electron chi connectivity index (χ3n) is 7.16. The monoisotopic (exact) mass is 525 g/mol. The van der Waals surface area contributed by atoms with E-state index in [1.54, 1.807) is 20.7 Å². The Labute approximate surface area is 196 Å². The summed E-state index contributed by atoms with van der Waals surface area (Å²) in [6, 6.07) is 3.32. The van der Waals surface area contributed by atoms with Crippen LogP contribution in [0.4, 0.5) is 5.69 Å². The Hall–Kier alpha value is -1.53. The molecule has 5 rings (SSSR count). The molecule has 4 N–H and O–H groups in total. The van der Waals surface area contributed by atoms with E-state index in [4.69, 9.17) is 5.73 Å². The summed E-state index contributed by atoms with van der Waals surface area (Å²) < 4.78 is 30.6. The lowest BCUT2D eigenvalue weighted by molar-refractivity contribution is -0.115. The zero-order valence-electron chi connectivity index (χ0n) is 17.7. The molecule has 9 nitrogen and oxygen atoms in total. The van der Waals surface area contributed by atoms with Crippen LogP contribution in [-0.4, -0.2) is 66.1 Å². The molecule has 4 heterocycles. The normalized spacial score (nSPS) is 29.1. The lowest BCUT2D eigenvalue weighted by Gasteiger charge is -2.41. The molecule has 0 aliphatic carbocycles. The van der Waals surface area contributed by atoms with Gasteiger partial charge in [-0.3, -0.25) is 9.59 Å². The van der Waals surface area contributed by atoms with E-state index in [1.807, 2.05) is 0 Å². The first-order valence-corrected chi connectivity index (χ1v) is 13.4. The van der Waals surface area contributed by atoms with Crippen LogP contribution in [0.1, 0.15) is 54.4 Å². The molecule has 0 aromatic heterocycles. The number of halogens is 1. The Balaban J connectivity index is 1.27. The highest BCUT2D eigenvalue weighted by Crippen LogP contribution is 2.39. The van der Waals surface area contributed by atoms with E-state index in [2.05, 4.69) is 26.6 Å². The topological polar surface area (TPSA) is 125 Å². The summed E-state index contributed by atoms with van der Waals surface area (Å²) in [4.78, 5) is 24.6. The van der Waals surface area contributed by atoms with Crippen LogP contribution >= 0.6 is 15.9 Å². The molecule has 2 amide bonds. The fourth-order valence-electron chi connectivity index (χ4n) is 5.55. The molecular weight excluding hydrogens is 498 g/mol. The van der Waals surface area contributed by atoms with Crippen LogP contribution < -0.4 is 16.4 Å². The van der Waals surface area contributed by atoms with Gasteiger partial charge in [0.1, 0.15) is 0 Å². The van der Waals surface area contributed by atoms with Gasteiger partial charge >= 0.3 is 0 Å². The number of nitrogens with one attached hydrogen (secondary N) is 2. The summed E-state index contributed by atoms with van der Waals surface area (Å²) in [6.45, 7) is 0.951. The average Bonchev–Trinajstić information content (AvgIpc) is 3.23. The van der Waals surface area contributed by atoms with Gasteiger partial charge in [0.15, 0.2) is 0 Å². The second-order valence-electron chi connectivity index (χ2n) is 9.32. The van der Waals surface area contributed by atoms with E-state index in [0.717, 1.165) is 24.1 Å². The fraction of sp³-hybridized carbons (Fsp3) is 0.619. The first kappa shape index (κ1) is 22.3. The molecule has 3 saturated heterocycles. The third kappa shape index (κ3) is 3.98. The van der Waals surface area contributed by atoms with Gasteiger partial charge in [0.05, 0.1) is 12.0 Å². The van der Waals surface area contributed by atoms with Gasteiger partial charge in [-0.1, -0.05) is 0 Å². The molecule has 0 spiro atoms. The van der Waals surface area contributed by atoms with Crippen molar-refractivity contribution in [3.63, 3.8) is 0 Å². The van der Waals surface area contributed by atoms with Crippen molar-refractivity contribution in [1.82, 2.24) is 13.9 Å². The maximum Gasteiger partial charge on any atom is 0.282 e. The van der Waals surface area contributed by atoms with Crippen molar-refractivity contribution in [3.05, 3.63) is 27.7 Å². The second-order valence-corrected chi connectivity index (χ2v) is 12.0. The van der Waals surface area contributed by atoms with Gasteiger partial charge in [-0.15, -0.1) is 0 Å². The van der Waals surface area contributed by atoms with E-state index < -0.39 is 10.2 Å². The first-order valence-electron chi connectivity index (χ1n) is 11.2. The number of anilines is 1. The molecule has 3 fully saturated rings. The molecule has 1 aromatic rings. The molecule has 4 aliphatic rings. The van der Waals surface area contributed by atoms with Crippen molar-refractivity contribution in [2.24, 2.45) is 5.73 Å². The number of nitrogens with zero attached hydrogens (tertiary/aromatic N) is 2. The SMILES string of the molecule is NC1CCN(S(=O)(=O)N2[C@@H]3CC[C@H]2C[C@@H](NC(=O)c2cc4c(cc2Br)NC(=O)C4)C3)CC1. The van der Waals surface area contributed by atoms with Gasteiger partial charge in [0.25, 0.3) is 16.1 Å². The van der Waals surface area contributed by atoms with Crippen LogP contribution in [0.5, 0.6) is 0 Å². The Kier molecular flexibility index (Phi) is 5.81. The number of piperidine rings is 2. The number of benzene rings is 1. The molecule has 174 valence electrons. The zero-order valence-corrected chi connectivity index (χ0v) is 20.1. The number of nitrogens with two attached hydrogens (primary N) is 1. The molecule has 11 heteroatoms. The van der Waals surface area contributed by atoms with Crippen LogP contribution in [0, 0.1) is 0 Å². The van der Waals surface area contributed by atoms with E-state index >= 15 is 0 Å². The molecule has 4 aliphatic heterocycles. The van der Waals surface area contributed by atoms with Crippen molar-refractivity contribution in [2.45, 2.75) is 69.1 Å². The molecule has 0 radical (unpaired) electrons. The Morgan fingerprint density at radius 2 is 1.78 bits per heavy atom. The van der Waals surface area contributed by atoms with Crippen molar-refractivity contribution in [3.8, 4) is 0 Å². The maximum absolute atomic E-state index is 13.3. The third-order valence-corrected chi connectivity index (χ3v) is 9.96. The number of amides is 2. The van der Waals surface area contributed by atoms with Crippen molar-refractivity contribution in [2.75, 3.05) is 18.4 Å².